The zero-order valence-electron chi connectivity index (χ0n) is 8.69. The Morgan fingerprint density at radius 3 is 2.33 bits per heavy atom. The predicted octanol–water partition coefficient (Wildman–Crippen LogP) is 1.30. The minimum Gasteiger partial charge on any atom is -0.207 e. The van der Waals surface area contributed by atoms with E-state index in [0.717, 1.165) is 5.56 Å². The van der Waals surface area contributed by atoms with Gasteiger partial charge in [-0.3, -0.25) is 0 Å². The van der Waals surface area contributed by atoms with Gasteiger partial charge in [0.25, 0.3) is 0 Å². The quantitative estimate of drug-likeness (QED) is 0.785. The molecule has 0 amide bonds. The molecule has 0 aliphatic carbocycles. The first kappa shape index (κ1) is 11.8. The molecule has 0 heterocycles. The monoisotopic (exact) mass is 223 g/mol. The normalized spacial score (nSPS) is 13.1. The van der Waals surface area contributed by atoms with Crippen molar-refractivity contribution in [2.45, 2.75) is 24.8 Å². The lowest BCUT2D eigenvalue weighted by Crippen LogP contribution is -2.31. The van der Waals surface area contributed by atoms with Gasteiger partial charge in [-0.2, -0.15) is 4.72 Å². The van der Waals surface area contributed by atoms with Crippen LogP contribution in [0.1, 0.15) is 12.5 Å². The maximum atomic E-state index is 11.7. The van der Waals surface area contributed by atoms with Crippen LogP contribution in [0.5, 0.6) is 0 Å². The summed E-state index contributed by atoms with van der Waals surface area (Å²) in [7, 11) is -3.48. The molecular weight excluding hydrogens is 210 g/mol. The van der Waals surface area contributed by atoms with E-state index < -0.39 is 16.1 Å². The SMILES string of the molecule is C#CC(C)NS(=O)(=O)c1ccc(C)cc1. The Bertz CT molecular complexity index is 468. The van der Waals surface area contributed by atoms with E-state index >= 15 is 0 Å². The van der Waals surface area contributed by atoms with Crippen molar-refractivity contribution in [1.82, 2.24) is 4.72 Å². The zero-order chi connectivity index (χ0) is 11.5. The predicted molar refractivity (Wildman–Crippen MR) is 59.8 cm³/mol. The van der Waals surface area contributed by atoms with Gasteiger partial charge in [-0.15, -0.1) is 6.42 Å². The van der Waals surface area contributed by atoms with Crippen LogP contribution >= 0.6 is 0 Å². The molecule has 1 aromatic rings. The van der Waals surface area contributed by atoms with Crippen molar-refractivity contribution >= 4 is 10.0 Å². The smallest absolute Gasteiger partial charge is 0.207 e. The molecular formula is C11H13NO2S. The zero-order valence-corrected chi connectivity index (χ0v) is 9.51. The van der Waals surface area contributed by atoms with Crippen LogP contribution in [0.4, 0.5) is 0 Å². The first-order chi connectivity index (χ1) is 6.95. The maximum Gasteiger partial charge on any atom is 0.241 e. The summed E-state index contributed by atoms with van der Waals surface area (Å²) in [5.74, 6) is 2.31. The number of hydrogen-bond donors (Lipinski definition) is 1. The van der Waals surface area contributed by atoms with Crippen LogP contribution in [-0.4, -0.2) is 14.5 Å². The number of aryl methyl sites for hydroxylation is 1. The molecule has 0 aromatic heterocycles. The standard InChI is InChI=1S/C11H13NO2S/c1-4-10(3)12-15(13,14)11-7-5-9(2)6-8-11/h1,5-8,10,12H,2-3H3. The van der Waals surface area contributed by atoms with Gasteiger partial charge in [-0.05, 0) is 26.0 Å². The number of rotatable bonds is 3. The van der Waals surface area contributed by atoms with Gasteiger partial charge in [0, 0.05) is 0 Å². The number of terminal acetylenes is 1. The van der Waals surface area contributed by atoms with Gasteiger partial charge in [0.2, 0.25) is 10.0 Å². The molecule has 1 unspecified atom stereocenters. The lowest BCUT2D eigenvalue weighted by molar-refractivity contribution is 0.577. The molecule has 1 aromatic carbocycles. The highest BCUT2D eigenvalue weighted by Gasteiger charge is 2.15. The van der Waals surface area contributed by atoms with E-state index in [1.54, 1.807) is 31.2 Å². The first-order valence-electron chi connectivity index (χ1n) is 4.51. The second-order valence-electron chi connectivity index (χ2n) is 3.32. The van der Waals surface area contributed by atoms with Crippen LogP contribution in [0.2, 0.25) is 0 Å². The summed E-state index contributed by atoms with van der Waals surface area (Å²) < 4.78 is 25.8. The van der Waals surface area contributed by atoms with Crippen molar-refractivity contribution in [2.24, 2.45) is 0 Å². The molecule has 0 aliphatic rings. The Morgan fingerprint density at radius 1 is 1.33 bits per heavy atom. The van der Waals surface area contributed by atoms with Gasteiger partial charge < -0.3 is 0 Å². The van der Waals surface area contributed by atoms with Crippen molar-refractivity contribution in [1.29, 1.82) is 0 Å². The minimum absolute atomic E-state index is 0.232. The van der Waals surface area contributed by atoms with Gasteiger partial charge in [0.1, 0.15) is 0 Å². The van der Waals surface area contributed by atoms with Crippen molar-refractivity contribution in [3.8, 4) is 12.3 Å². The van der Waals surface area contributed by atoms with E-state index in [1.807, 2.05) is 6.92 Å². The molecule has 4 heteroatoms. The van der Waals surface area contributed by atoms with Crippen molar-refractivity contribution in [3.05, 3.63) is 29.8 Å². The summed E-state index contributed by atoms with van der Waals surface area (Å²) in [5.41, 5.74) is 1.01. The summed E-state index contributed by atoms with van der Waals surface area (Å²) >= 11 is 0. The van der Waals surface area contributed by atoms with E-state index in [9.17, 15) is 8.42 Å². The van der Waals surface area contributed by atoms with Crippen molar-refractivity contribution < 1.29 is 8.42 Å². The molecule has 0 fully saturated rings. The lowest BCUT2D eigenvalue weighted by Gasteiger charge is -2.08. The summed E-state index contributed by atoms with van der Waals surface area (Å²) in [6.45, 7) is 3.51. The Morgan fingerprint density at radius 2 is 1.87 bits per heavy atom. The Kier molecular flexibility index (Phi) is 3.51. The van der Waals surface area contributed by atoms with Gasteiger partial charge in [0.15, 0.2) is 0 Å². The van der Waals surface area contributed by atoms with Crippen LogP contribution in [0, 0.1) is 19.3 Å². The van der Waals surface area contributed by atoms with Crippen LogP contribution in [0.3, 0.4) is 0 Å². The highest BCUT2D eigenvalue weighted by Crippen LogP contribution is 2.10. The molecule has 80 valence electrons. The van der Waals surface area contributed by atoms with Gasteiger partial charge in [0.05, 0.1) is 10.9 Å². The molecule has 15 heavy (non-hydrogen) atoms. The molecule has 0 spiro atoms. The number of hydrogen-bond acceptors (Lipinski definition) is 2. The highest BCUT2D eigenvalue weighted by molar-refractivity contribution is 7.89. The molecule has 0 radical (unpaired) electrons. The van der Waals surface area contributed by atoms with E-state index in [1.165, 1.54) is 0 Å². The average molecular weight is 223 g/mol. The molecule has 0 saturated carbocycles. The summed E-state index contributed by atoms with van der Waals surface area (Å²) in [5, 5.41) is 0. The van der Waals surface area contributed by atoms with Crippen LogP contribution < -0.4 is 4.72 Å². The third kappa shape index (κ3) is 3.08. The average Bonchev–Trinajstić information content (AvgIpc) is 2.17. The molecule has 1 rings (SSSR count). The second-order valence-corrected chi connectivity index (χ2v) is 5.04. The Balaban J connectivity index is 2.98. The van der Waals surface area contributed by atoms with Crippen molar-refractivity contribution in [2.75, 3.05) is 0 Å². The van der Waals surface area contributed by atoms with E-state index in [2.05, 4.69) is 10.6 Å². The van der Waals surface area contributed by atoms with Crippen LogP contribution in [-0.2, 0) is 10.0 Å². The summed E-state index contributed by atoms with van der Waals surface area (Å²) in [4.78, 5) is 0.232. The summed E-state index contributed by atoms with van der Waals surface area (Å²) in [6.07, 6.45) is 5.10. The molecule has 0 aliphatic heterocycles. The third-order valence-electron chi connectivity index (χ3n) is 1.91. The summed E-state index contributed by atoms with van der Waals surface area (Å²) in [6, 6.07) is 6.10. The van der Waals surface area contributed by atoms with E-state index in [4.69, 9.17) is 6.42 Å². The lowest BCUT2D eigenvalue weighted by atomic mass is 10.2. The van der Waals surface area contributed by atoms with Crippen LogP contribution in [0.25, 0.3) is 0 Å². The second kappa shape index (κ2) is 4.47. The number of benzene rings is 1. The van der Waals surface area contributed by atoms with Gasteiger partial charge >= 0.3 is 0 Å². The largest absolute Gasteiger partial charge is 0.241 e. The maximum absolute atomic E-state index is 11.7. The molecule has 1 atom stereocenters. The molecule has 0 saturated heterocycles. The van der Waals surface area contributed by atoms with Gasteiger partial charge in [-0.25, -0.2) is 8.42 Å². The highest BCUT2D eigenvalue weighted by atomic mass is 32.2. The molecule has 0 bridgehead atoms. The van der Waals surface area contributed by atoms with E-state index in [-0.39, 0.29) is 4.90 Å². The fourth-order valence-corrected chi connectivity index (χ4v) is 2.22. The first-order valence-corrected chi connectivity index (χ1v) is 5.99. The molecule has 1 N–H and O–H groups in total. The topological polar surface area (TPSA) is 46.2 Å². The fraction of sp³-hybridized carbons (Fsp3) is 0.273. The molecule has 3 nitrogen and oxygen atoms in total. The Hall–Kier alpha value is -1.31. The van der Waals surface area contributed by atoms with Gasteiger partial charge in [-0.1, -0.05) is 23.6 Å². The number of nitrogens with one attached hydrogen (secondary N) is 1. The number of sulfonamides is 1. The Labute approximate surface area is 90.6 Å². The third-order valence-corrected chi connectivity index (χ3v) is 3.47. The minimum atomic E-state index is -3.48. The van der Waals surface area contributed by atoms with Crippen molar-refractivity contribution in [3.63, 3.8) is 0 Å². The van der Waals surface area contributed by atoms with E-state index in [0.29, 0.717) is 0 Å². The fourth-order valence-electron chi connectivity index (χ4n) is 1.05. The van der Waals surface area contributed by atoms with Crippen LogP contribution in [0.15, 0.2) is 29.2 Å².